The molecule has 0 aromatic carbocycles. The molecular formula is C12H20N2O4. The highest BCUT2D eigenvalue weighted by Crippen LogP contribution is 2.29. The van der Waals surface area contributed by atoms with Crippen LogP contribution in [0.25, 0.3) is 0 Å². The lowest BCUT2D eigenvalue weighted by Crippen LogP contribution is -2.45. The van der Waals surface area contributed by atoms with Crippen LogP contribution < -0.4 is 5.32 Å². The number of aliphatic carboxylic acids is 1. The Labute approximate surface area is 106 Å². The average Bonchev–Trinajstić information content (AvgIpc) is 2.98. The van der Waals surface area contributed by atoms with E-state index in [1.807, 2.05) is 0 Å². The molecule has 2 N–H and O–H groups in total. The van der Waals surface area contributed by atoms with Crippen LogP contribution in [0.5, 0.6) is 0 Å². The van der Waals surface area contributed by atoms with E-state index in [0.29, 0.717) is 31.5 Å². The Bertz CT molecular complexity index is 311. The van der Waals surface area contributed by atoms with Crippen LogP contribution in [-0.4, -0.2) is 54.9 Å². The van der Waals surface area contributed by atoms with Crippen molar-refractivity contribution < 1.29 is 19.4 Å². The zero-order chi connectivity index (χ0) is 13.0. The number of carboxylic acids is 1. The molecular weight excluding hydrogens is 236 g/mol. The molecule has 1 saturated carbocycles. The molecule has 0 spiro atoms. The SMILES string of the molecule is O=C(O)CN(CC1CC1)C(=O)NCC1CCOC1. The van der Waals surface area contributed by atoms with Crippen LogP contribution in [0.3, 0.4) is 0 Å². The van der Waals surface area contributed by atoms with Crippen molar-refractivity contribution in [2.75, 3.05) is 32.8 Å². The van der Waals surface area contributed by atoms with E-state index in [-0.39, 0.29) is 12.6 Å². The highest BCUT2D eigenvalue weighted by molar-refractivity contribution is 5.80. The highest BCUT2D eigenvalue weighted by Gasteiger charge is 2.28. The monoisotopic (exact) mass is 256 g/mol. The standard InChI is InChI=1S/C12H20N2O4/c15-11(16)7-14(6-9-1-2-9)12(17)13-5-10-3-4-18-8-10/h9-10H,1-8H2,(H,13,17)(H,15,16). The van der Waals surface area contributed by atoms with Gasteiger partial charge >= 0.3 is 12.0 Å². The maximum Gasteiger partial charge on any atom is 0.323 e. The van der Waals surface area contributed by atoms with E-state index in [9.17, 15) is 9.59 Å². The van der Waals surface area contributed by atoms with Crippen molar-refractivity contribution in [3.8, 4) is 0 Å². The molecule has 6 heteroatoms. The molecule has 1 heterocycles. The Hall–Kier alpha value is -1.30. The van der Waals surface area contributed by atoms with Crippen molar-refractivity contribution in [1.29, 1.82) is 0 Å². The van der Waals surface area contributed by atoms with E-state index in [0.717, 1.165) is 25.9 Å². The molecule has 2 rings (SSSR count). The summed E-state index contributed by atoms with van der Waals surface area (Å²) >= 11 is 0. The van der Waals surface area contributed by atoms with Gasteiger partial charge in [0, 0.05) is 25.6 Å². The zero-order valence-electron chi connectivity index (χ0n) is 10.4. The van der Waals surface area contributed by atoms with Crippen LogP contribution in [0.15, 0.2) is 0 Å². The van der Waals surface area contributed by atoms with Crippen molar-refractivity contribution in [1.82, 2.24) is 10.2 Å². The van der Waals surface area contributed by atoms with Crippen LogP contribution >= 0.6 is 0 Å². The van der Waals surface area contributed by atoms with E-state index in [4.69, 9.17) is 9.84 Å². The van der Waals surface area contributed by atoms with Crippen molar-refractivity contribution in [2.24, 2.45) is 11.8 Å². The number of ether oxygens (including phenoxy) is 1. The molecule has 0 radical (unpaired) electrons. The fraction of sp³-hybridized carbons (Fsp3) is 0.833. The normalized spacial score (nSPS) is 22.8. The van der Waals surface area contributed by atoms with Gasteiger partial charge in [-0.3, -0.25) is 4.79 Å². The number of nitrogens with zero attached hydrogens (tertiary/aromatic N) is 1. The third-order valence-electron chi connectivity index (χ3n) is 3.35. The minimum atomic E-state index is -0.963. The molecule has 1 atom stereocenters. The molecule has 1 aliphatic heterocycles. The van der Waals surface area contributed by atoms with Crippen molar-refractivity contribution in [2.45, 2.75) is 19.3 Å². The van der Waals surface area contributed by atoms with E-state index in [1.165, 1.54) is 4.90 Å². The summed E-state index contributed by atoms with van der Waals surface area (Å²) < 4.78 is 5.23. The van der Waals surface area contributed by atoms with Gasteiger partial charge in [0.2, 0.25) is 0 Å². The Balaban J connectivity index is 1.75. The van der Waals surface area contributed by atoms with Gasteiger partial charge in [0.1, 0.15) is 6.54 Å². The van der Waals surface area contributed by atoms with E-state index in [1.54, 1.807) is 0 Å². The maximum atomic E-state index is 11.9. The number of carboxylic acid groups (broad SMARTS) is 1. The number of hydrogen-bond donors (Lipinski definition) is 2. The zero-order valence-corrected chi connectivity index (χ0v) is 10.4. The lowest BCUT2D eigenvalue weighted by atomic mass is 10.1. The number of carbonyl (C=O) groups excluding carboxylic acids is 1. The largest absolute Gasteiger partial charge is 0.480 e. The quantitative estimate of drug-likeness (QED) is 0.726. The van der Waals surface area contributed by atoms with E-state index in [2.05, 4.69) is 5.32 Å². The third-order valence-corrected chi connectivity index (χ3v) is 3.35. The van der Waals surface area contributed by atoms with Gasteiger partial charge in [0.15, 0.2) is 0 Å². The second kappa shape index (κ2) is 6.04. The lowest BCUT2D eigenvalue weighted by molar-refractivity contribution is -0.137. The number of nitrogens with one attached hydrogen (secondary N) is 1. The third kappa shape index (κ3) is 4.18. The minimum Gasteiger partial charge on any atom is -0.480 e. The summed E-state index contributed by atoms with van der Waals surface area (Å²) in [4.78, 5) is 24.0. The van der Waals surface area contributed by atoms with Gasteiger partial charge in [0.05, 0.1) is 6.61 Å². The number of amides is 2. The van der Waals surface area contributed by atoms with E-state index < -0.39 is 5.97 Å². The molecule has 2 aliphatic rings. The van der Waals surface area contributed by atoms with Crippen LogP contribution in [0.2, 0.25) is 0 Å². The molecule has 0 aromatic rings. The summed E-state index contributed by atoms with van der Waals surface area (Å²) in [5, 5.41) is 11.6. The first-order chi connectivity index (χ1) is 8.65. The molecule has 0 aromatic heterocycles. The number of rotatable bonds is 6. The van der Waals surface area contributed by atoms with Crippen molar-refractivity contribution in [3.63, 3.8) is 0 Å². The van der Waals surface area contributed by atoms with Gasteiger partial charge in [-0.2, -0.15) is 0 Å². The lowest BCUT2D eigenvalue weighted by Gasteiger charge is -2.22. The van der Waals surface area contributed by atoms with Gasteiger partial charge < -0.3 is 20.1 Å². The molecule has 2 amide bonds. The first kappa shape index (κ1) is 13.1. The fourth-order valence-corrected chi connectivity index (χ4v) is 2.08. The van der Waals surface area contributed by atoms with Gasteiger partial charge in [-0.15, -0.1) is 0 Å². The fourth-order valence-electron chi connectivity index (χ4n) is 2.08. The maximum absolute atomic E-state index is 11.9. The summed E-state index contributed by atoms with van der Waals surface area (Å²) in [5.41, 5.74) is 0. The molecule has 1 aliphatic carbocycles. The topological polar surface area (TPSA) is 78.9 Å². The van der Waals surface area contributed by atoms with Gasteiger partial charge in [-0.25, -0.2) is 4.79 Å². The Morgan fingerprint density at radius 3 is 2.61 bits per heavy atom. The molecule has 102 valence electrons. The summed E-state index contributed by atoms with van der Waals surface area (Å²) in [6.07, 6.45) is 3.15. The highest BCUT2D eigenvalue weighted by atomic mass is 16.5. The van der Waals surface area contributed by atoms with Gasteiger partial charge in [0.25, 0.3) is 0 Å². The summed E-state index contributed by atoms with van der Waals surface area (Å²) in [6.45, 7) is 2.34. The molecule has 18 heavy (non-hydrogen) atoms. The summed E-state index contributed by atoms with van der Waals surface area (Å²) in [5.74, 6) is -0.110. The Morgan fingerprint density at radius 2 is 2.06 bits per heavy atom. The summed E-state index contributed by atoms with van der Waals surface area (Å²) in [6, 6.07) is -0.267. The molecule has 1 unspecified atom stereocenters. The Kier molecular flexibility index (Phi) is 4.41. The molecule has 6 nitrogen and oxygen atoms in total. The smallest absolute Gasteiger partial charge is 0.323 e. The number of urea groups is 1. The van der Waals surface area contributed by atoms with E-state index >= 15 is 0 Å². The first-order valence-corrected chi connectivity index (χ1v) is 6.47. The van der Waals surface area contributed by atoms with Crippen LogP contribution in [0, 0.1) is 11.8 Å². The van der Waals surface area contributed by atoms with Crippen molar-refractivity contribution in [3.05, 3.63) is 0 Å². The first-order valence-electron chi connectivity index (χ1n) is 6.47. The number of carbonyl (C=O) groups is 2. The second-order valence-electron chi connectivity index (χ2n) is 5.13. The van der Waals surface area contributed by atoms with Crippen LogP contribution in [0.4, 0.5) is 4.79 Å². The van der Waals surface area contributed by atoms with Crippen molar-refractivity contribution >= 4 is 12.0 Å². The van der Waals surface area contributed by atoms with Crippen LogP contribution in [-0.2, 0) is 9.53 Å². The summed E-state index contributed by atoms with van der Waals surface area (Å²) in [7, 11) is 0. The second-order valence-corrected chi connectivity index (χ2v) is 5.13. The number of hydrogen-bond acceptors (Lipinski definition) is 3. The molecule has 2 fully saturated rings. The average molecular weight is 256 g/mol. The van der Waals surface area contributed by atoms with Gasteiger partial charge in [-0.05, 0) is 25.2 Å². The minimum absolute atomic E-state index is 0.219. The predicted octanol–water partition coefficient (Wildman–Crippen LogP) is 0.529. The predicted molar refractivity (Wildman–Crippen MR) is 64.3 cm³/mol. The molecule has 1 saturated heterocycles. The Morgan fingerprint density at radius 1 is 1.28 bits per heavy atom. The van der Waals surface area contributed by atoms with Gasteiger partial charge in [-0.1, -0.05) is 0 Å². The molecule has 0 bridgehead atoms. The van der Waals surface area contributed by atoms with Crippen LogP contribution in [0.1, 0.15) is 19.3 Å².